The van der Waals surface area contributed by atoms with Gasteiger partial charge in [-0.05, 0) is 42.2 Å². The highest BCUT2D eigenvalue weighted by atomic mass is 32.2. The van der Waals surface area contributed by atoms with E-state index in [9.17, 15) is 13.2 Å². The zero-order chi connectivity index (χ0) is 20.0. The van der Waals surface area contributed by atoms with Gasteiger partial charge >= 0.3 is 0 Å². The Balaban J connectivity index is 2.22. The Bertz CT molecular complexity index is 929. The van der Waals surface area contributed by atoms with Gasteiger partial charge in [-0.1, -0.05) is 6.07 Å². The highest BCUT2D eigenvalue weighted by molar-refractivity contribution is 7.98. The molecule has 2 N–H and O–H groups in total. The lowest BCUT2D eigenvalue weighted by atomic mass is 10.2. The molecule has 0 aliphatic rings. The Morgan fingerprint density at radius 2 is 1.78 bits per heavy atom. The first-order valence-electron chi connectivity index (χ1n) is 7.97. The molecule has 0 heterocycles. The van der Waals surface area contributed by atoms with E-state index in [0.717, 1.165) is 10.5 Å². The Morgan fingerprint density at radius 1 is 1.07 bits per heavy atom. The average Bonchev–Trinajstić information content (AvgIpc) is 2.65. The van der Waals surface area contributed by atoms with E-state index in [0.29, 0.717) is 17.2 Å². The van der Waals surface area contributed by atoms with E-state index in [1.807, 2.05) is 6.26 Å². The van der Waals surface area contributed by atoms with Gasteiger partial charge in [0.25, 0.3) is 0 Å². The van der Waals surface area contributed by atoms with Crippen molar-refractivity contribution in [2.45, 2.75) is 23.3 Å². The molecule has 0 aliphatic carbocycles. The smallest absolute Gasteiger partial charge is 0.240 e. The van der Waals surface area contributed by atoms with Gasteiger partial charge < -0.3 is 14.8 Å². The molecule has 27 heavy (non-hydrogen) atoms. The third kappa shape index (κ3) is 5.38. The molecule has 2 aromatic carbocycles. The summed E-state index contributed by atoms with van der Waals surface area (Å²) in [7, 11) is -0.710. The second kappa shape index (κ2) is 9.12. The Kier molecular flexibility index (Phi) is 7.11. The minimum atomic E-state index is -3.76. The molecule has 0 spiro atoms. The largest absolute Gasteiger partial charge is 0.493 e. The molecule has 1 amide bonds. The first-order valence-corrected chi connectivity index (χ1v) is 10.7. The van der Waals surface area contributed by atoms with E-state index >= 15 is 0 Å². The second-order valence-corrected chi connectivity index (χ2v) is 8.17. The highest BCUT2D eigenvalue weighted by Crippen LogP contribution is 2.29. The maximum atomic E-state index is 12.6. The van der Waals surface area contributed by atoms with Gasteiger partial charge in [0.1, 0.15) is 0 Å². The van der Waals surface area contributed by atoms with Gasteiger partial charge in [0.05, 0.1) is 24.8 Å². The van der Waals surface area contributed by atoms with E-state index in [4.69, 9.17) is 9.47 Å². The predicted octanol–water partition coefficient (Wildman–Crippen LogP) is 2.86. The standard InChI is InChI=1S/C18H22N2O5S2/c1-12(21)20-15-10-14(6-8-18(15)26-4)27(22,23)19-11-13-5-7-16(24-2)17(9-13)25-3/h5-10,19H,11H2,1-4H3,(H,20,21). The topological polar surface area (TPSA) is 93.7 Å². The van der Waals surface area contributed by atoms with Crippen molar-refractivity contribution in [1.29, 1.82) is 0 Å². The van der Waals surface area contributed by atoms with Crippen molar-refractivity contribution in [2.24, 2.45) is 0 Å². The zero-order valence-electron chi connectivity index (χ0n) is 15.5. The fourth-order valence-corrected chi connectivity index (χ4v) is 3.97. The van der Waals surface area contributed by atoms with E-state index < -0.39 is 10.0 Å². The highest BCUT2D eigenvalue weighted by Gasteiger charge is 2.17. The number of sulfonamides is 1. The molecule has 7 nitrogen and oxygen atoms in total. The number of thioether (sulfide) groups is 1. The van der Waals surface area contributed by atoms with Gasteiger partial charge in [0, 0.05) is 18.4 Å². The van der Waals surface area contributed by atoms with Gasteiger partial charge in [-0.15, -0.1) is 11.8 Å². The second-order valence-electron chi connectivity index (χ2n) is 5.56. The molecule has 9 heteroatoms. The summed E-state index contributed by atoms with van der Waals surface area (Å²) in [6.45, 7) is 1.46. The van der Waals surface area contributed by atoms with E-state index in [-0.39, 0.29) is 17.3 Å². The molecule has 0 bridgehead atoms. The molecule has 0 aromatic heterocycles. The number of hydrogen-bond acceptors (Lipinski definition) is 6. The van der Waals surface area contributed by atoms with Crippen LogP contribution < -0.4 is 19.5 Å². The first-order chi connectivity index (χ1) is 12.8. The first kappa shape index (κ1) is 21.1. The summed E-state index contributed by atoms with van der Waals surface area (Å²) in [5.74, 6) is 0.821. The Labute approximate surface area is 163 Å². The fourth-order valence-electron chi connectivity index (χ4n) is 2.39. The van der Waals surface area contributed by atoms with Crippen molar-refractivity contribution in [2.75, 3.05) is 25.8 Å². The molecular weight excluding hydrogens is 388 g/mol. The maximum Gasteiger partial charge on any atom is 0.240 e. The number of ether oxygens (including phenoxy) is 2. The molecule has 0 saturated carbocycles. The SMILES string of the molecule is COc1ccc(CNS(=O)(=O)c2ccc(SC)c(NC(C)=O)c2)cc1OC. The average molecular weight is 411 g/mol. The molecule has 0 saturated heterocycles. The third-order valence-corrected chi connectivity index (χ3v) is 5.90. The van der Waals surface area contributed by atoms with Crippen LogP contribution >= 0.6 is 11.8 Å². The normalized spacial score (nSPS) is 11.1. The van der Waals surface area contributed by atoms with Crippen molar-refractivity contribution in [1.82, 2.24) is 4.72 Å². The molecule has 0 atom stereocenters. The molecule has 0 unspecified atom stereocenters. The Hall–Kier alpha value is -2.23. The summed E-state index contributed by atoms with van der Waals surface area (Å²) in [6, 6.07) is 9.80. The van der Waals surface area contributed by atoms with E-state index in [1.165, 1.54) is 45.0 Å². The molecule has 146 valence electrons. The minimum Gasteiger partial charge on any atom is -0.493 e. The number of rotatable bonds is 8. The van der Waals surface area contributed by atoms with Crippen molar-refractivity contribution < 1.29 is 22.7 Å². The van der Waals surface area contributed by atoms with Gasteiger partial charge in [0.15, 0.2) is 11.5 Å². The summed E-state index contributed by atoms with van der Waals surface area (Å²) in [5, 5.41) is 2.66. The molecule has 0 radical (unpaired) electrons. The third-order valence-electron chi connectivity index (χ3n) is 3.71. The van der Waals surface area contributed by atoms with E-state index in [2.05, 4.69) is 10.0 Å². The van der Waals surface area contributed by atoms with Crippen molar-refractivity contribution >= 4 is 33.4 Å². The van der Waals surface area contributed by atoms with Crippen molar-refractivity contribution in [3.05, 3.63) is 42.0 Å². The number of hydrogen-bond donors (Lipinski definition) is 2. The van der Waals surface area contributed by atoms with Crippen molar-refractivity contribution in [3.63, 3.8) is 0 Å². The summed E-state index contributed by atoms with van der Waals surface area (Å²) in [5.41, 5.74) is 1.18. The van der Waals surface area contributed by atoms with E-state index in [1.54, 1.807) is 24.3 Å². The van der Waals surface area contributed by atoms with Gasteiger partial charge in [-0.25, -0.2) is 13.1 Å². The Morgan fingerprint density at radius 3 is 2.37 bits per heavy atom. The van der Waals surface area contributed by atoms with Crippen LogP contribution in [0.25, 0.3) is 0 Å². The number of carbonyl (C=O) groups is 1. The van der Waals surface area contributed by atoms with Crippen LogP contribution in [0.2, 0.25) is 0 Å². The van der Waals surface area contributed by atoms with Gasteiger partial charge in [-0.3, -0.25) is 4.79 Å². The number of anilines is 1. The lowest BCUT2D eigenvalue weighted by Crippen LogP contribution is -2.23. The van der Waals surface area contributed by atoms with Crippen LogP contribution in [0.15, 0.2) is 46.2 Å². The van der Waals surface area contributed by atoms with Crippen LogP contribution in [0.1, 0.15) is 12.5 Å². The van der Waals surface area contributed by atoms with Crippen LogP contribution in [-0.4, -0.2) is 34.8 Å². The summed E-state index contributed by atoms with van der Waals surface area (Å²) < 4.78 is 38.2. The summed E-state index contributed by atoms with van der Waals surface area (Å²) >= 11 is 1.42. The molecular formula is C18H22N2O5S2. The number of carbonyl (C=O) groups excluding carboxylic acids is 1. The van der Waals surface area contributed by atoms with Crippen LogP contribution in [-0.2, 0) is 21.4 Å². The van der Waals surface area contributed by atoms with Crippen LogP contribution in [0.4, 0.5) is 5.69 Å². The molecule has 0 aliphatic heterocycles. The maximum absolute atomic E-state index is 12.6. The van der Waals surface area contributed by atoms with Crippen molar-refractivity contribution in [3.8, 4) is 11.5 Å². The fraction of sp³-hybridized carbons (Fsp3) is 0.278. The summed E-state index contributed by atoms with van der Waals surface area (Å²) in [6.07, 6.45) is 1.85. The molecule has 2 rings (SSSR count). The lowest BCUT2D eigenvalue weighted by molar-refractivity contribution is -0.114. The zero-order valence-corrected chi connectivity index (χ0v) is 17.2. The summed E-state index contributed by atoms with van der Waals surface area (Å²) in [4.78, 5) is 12.2. The number of methoxy groups -OCH3 is 2. The monoisotopic (exact) mass is 410 g/mol. The quantitative estimate of drug-likeness (QED) is 0.650. The minimum absolute atomic E-state index is 0.0736. The van der Waals surface area contributed by atoms with Gasteiger partial charge in [-0.2, -0.15) is 0 Å². The predicted molar refractivity (Wildman–Crippen MR) is 106 cm³/mol. The van der Waals surface area contributed by atoms with Gasteiger partial charge in [0.2, 0.25) is 15.9 Å². The molecule has 2 aromatic rings. The van der Waals surface area contributed by atoms with Crippen LogP contribution in [0.5, 0.6) is 11.5 Å². The lowest BCUT2D eigenvalue weighted by Gasteiger charge is -2.13. The number of nitrogens with one attached hydrogen (secondary N) is 2. The van der Waals surface area contributed by atoms with Crippen LogP contribution in [0, 0.1) is 0 Å². The van der Waals surface area contributed by atoms with Crippen LogP contribution in [0.3, 0.4) is 0 Å². The number of benzene rings is 2. The number of amides is 1. The molecule has 0 fully saturated rings.